The average molecular weight is 1760 g/mol. The summed E-state index contributed by atoms with van der Waals surface area (Å²) in [4.78, 5) is 12.6. The van der Waals surface area contributed by atoms with E-state index >= 15 is 0 Å². The number of pyridine rings is 1. The molecular formula is C80H107N13O16S8. The summed E-state index contributed by atoms with van der Waals surface area (Å²) in [5, 5.41) is -0.205. The highest BCUT2D eigenvalue weighted by molar-refractivity contribution is 7.94. The molecule has 0 radical (unpaired) electrons. The van der Waals surface area contributed by atoms with Gasteiger partial charge in [-0.2, -0.15) is 4.31 Å². The third-order valence-corrected chi connectivity index (χ3v) is 33.5. The molecule has 2 unspecified atom stereocenters. The molecule has 37 heteroatoms. The lowest BCUT2D eigenvalue weighted by Gasteiger charge is -2.36. The number of para-hydroxylation sites is 8. The van der Waals surface area contributed by atoms with Gasteiger partial charge in [0.25, 0.3) is 50.1 Å². The van der Waals surface area contributed by atoms with Crippen molar-refractivity contribution in [1.29, 1.82) is 0 Å². The van der Waals surface area contributed by atoms with Crippen molar-refractivity contribution in [2.75, 3.05) is 140 Å². The second-order valence-corrected chi connectivity index (χ2v) is 45.0. The maximum absolute atomic E-state index is 13.0. The first-order chi connectivity index (χ1) is 55.3. The first-order valence-electron chi connectivity index (χ1n) is 38.9. The Kier molecular flexibility index (Phi) is 30.4. The van der Waals surface area contributed by atoms with Crippen LogP contribution in [0, 0.1) is 5.92 Å². The summed E-state index contributed by atoms with van der Waals surface area (Å²) in [6, 6.07) is 48.2. The van der Waals surface area contributed by atoms with Crippen molar-refractivity contribution in [2.24, 2.45) is 5.92 Å². The maximum Gasteiger partial charge on any atom is 0.263 e. The molecule has 5 aliphatic rings. The van der Waals surface area contributed by atoms with Crippen LogP contribution in [0.5, 0.6) is 0 Å². The van der Waals surface area contributed by atoms with Gasteiger partial charge in [-0.3, -0.25) is 18.9 Å². The zero-order chi connectivity index (χ0) is 84.7. The highest BCUT2D eigenvalue weighted by atomic mass is 32.2. The van der Waals surface area contributed by atoms with Crippen molar-refractivity contribution in [2.45, 2.75) is 149 Å². The Morgan fingerprint density at radius 2 is 0.675 bits per heavy atom. The number of hydrogen-bond donors (Lipinski definition) is 4. The number of aromatic nitrogens is 1. The van der Waals surface area contributed by atoms with Gasteiger partial charge < -0.3 is 19.6 Å². The van der Waals surface area contributed by atoms with Crippen LogP contribution in [0.3, 0.4) is 0 Å². The fraction of sp³-hybridized carbons (Fsp3) is 0.412. The predicted octanol–water partition coefficient (Wildman–Crippen LogP) is 11.9. The molecule has 29 nitrogen and oxygen atoms in total. The second kappa shape index (κ2) is 39.2. The van der Waals surface area contributed by atoms with Gasteiger partial charge in [-0.25, -0.2) is 85.2 Å². The molecule has 636 valence electrons. The van der Waals surface area contributed by atoms with Crippen molar-refractivity contribution in [3.8, 4) is 0 Å². The van der Waals surface area contributed by atoms with Gasteiger partial charge >= 0.3 is 0 Å². The van der Waals surface area contributed by atoms with Crippen LogP contribution >= 0.6 is 0 Å². The standard InChI is InChI=1S/C22H29N3O4S2.C20H27N3O4S2.C19H26N4O4S2.C19H25N3O4S2/c26-30(27,23-21-9-3-4-10-22(21)24-15-5-1-6-16-24)19-11-13-20(14-12-19)31(28,29)25-17-7-2-8-18-25;1-16-7-6-14-23(15-16)20-9-5-4-8-19(20)21-28(24,25)17-10-12-18(13-11-17)29(26,27)22(2)3;1-15-8-6-7-13-23(15)18-10-5-4-9-17(18)21-28(24,25)16-11-12-19(20-14-16)29(26,27)22(2)3;1-21(2)28(25,26)17-10-8-9-16(15-17)27(23,24)20-18-11-4-5-12-19(18)22-13-6-3-7-14-22/h3-4,9-14,23H,1-2,5-8,15-18H2;4-5,8-13,16,21H,6-7,14-15H2,1-3H3;4-5,9-12,14-15,21H,6-8,13H2,1-3H3;4-5,8-12,15,20H,3,6-7,13-14H2,1-2H3. The first-order valence-corrected chi connectivity index (χ1v) is 50.6. The number of sulfonamides is 8. The molecule has 8 aromatic rings. The Morgan fingerprint density at radius 3 is 1.11 bits per heavy atom. The largest absolute Gasteiger partial charge is 0.370 e. The lowest BCUT2D eigenvalue weighted by molar-refractivity contribution is 0.346. The lowest BCUT2D eigenvalue weighted by atomic mass is 9.99. The Balaban J connectivity index is 0.000000165. The normalized spacial score (nSPS) is 17.6. The molecule has 4 N–H and O–H groups in total. The van der Waals surface area contributed by atoms with E-state index in [-0.39, 0.29) is 39.3 Å². The molecule has 13 rings (SSSR count). The topological polar surface area (TPSA) is 360 Å². The van der Waals surface area contributed by atoms with E-state index in [0.717, 1.165) is 152 Å². The van der Waals surface area contributed by atoms with E-state index in [9.17, 15) is 67.3 Å². The third-order valence-electron chi connectivity index (χ3n) is 20.8. The molecule has 117 heavy (non-hydrogen) atoms. The van der Waals surface area contributed by atoms with Gasteiger partial charge in [0.2, 0.25) is 30.1 Å². The molecule has 5 fully saturated rings. The molecular weight excluding hydrogens is 1660 g/mol. The second-order valence-electron chi connectivity index (χ2n) is 29.9. The van der Waals surface area contributed by atoms with Crippen LogP contribution in [0.15, 0.2) is 227 Å². The van der Waals surface area contributed by atoms with Gasteiger partial charge in [0.1, 0.15) is 4.90 Å². The Hall–Kier alpha value is -8.47. The molecule has 0 bridgehead atoms. The molecule has 0 saturated carbocycles. The highest BCUT2D eigenvalue weighted by Crippen LogP contribution is 2.37. The Morgan fingerprint density at radius 1 is 0.316 bits per heavy atom. The molecule has 6 heterocycles. The molecule has 0 aliphatic carbocycles. The Labute approximate surface area is 692 Å². The summed E-state index contributed by atoms with van der Waals surface area (Å²) in [7, 11) is -21.8. The molecule has 1 aromatic heterocycles. The van der Waals surface area contributed by atoms with Gasteiger partial charge in [0.15, 0.2) is 5.03 Å². The van der Waals surface area contributed by atoms with Crippen molar-refractivity contribution in [1.82, 2.24) is 22.2 Å². The van der Waals surface area contributed by atoms with Crippen LogP contribution in [-0.2, 0) is 80.2 Å². The van der Waals surface area contributed by atoms with Crippen molar-refractivity contribution in [3.63, 3.8) is 0 Å². The van der Waals surface area contributed by atoms with Crippen LogP contribution in [0.2, 0.25) is 0 Å². The van der Waals surface area contributed by atoms with Gasteiger partial charge in [0, 0.05) is 113 Å². The van der Waals surface area contributed by atoms with Gasteiger partial charge in [-0.1, -0.05) is 67.9 Å². The fourth-order valence-electron chi connectivity index (χ4n) is 14.2. The van der Waals surface area contributed by atoms with E-state index in [2.05, 4.69) is 57.3 Å². The summed E-state index contributed by atoms with van der Waals surface area (Å²) >= 11 is 0. The van der Waals surface area contributed by atoms with Gasteiger partial charge in [0.05, 0.1) is 74.9 Å². The zero-order valence-electron chi connectivity index (χ0n) is 67.1. The molecule has 0 spiro atoms. The number of nitrogens with one attached hydrogen (secondary N) is 4. The first kappa shape index (κ1) is 90.8. The van der Waals surface area contributed by atoms with E-state index in [1.165, 1.54) is 157 Å². The van der Waals surface area contributed by atoms with E-state index in [1.807, 2.05) is 48.5 Å². The van der Waals surface area contributed by atoms with Gasteiger partial charge in [-0.05, 0) is 224 Å². The summed E-state index contributed by atoms with van der Waals surface area (Å²) in [5.41, 5.74) is 5.44. The summed E-state index contributed by atoms with van der Waals surface area (Å²) in [5.74, 6) is 0.555. The van der Waals surface area contributed by atoms with E-state index in [0.29, 0.717) is 47.8 Å². The monoisotopic (exact) mass is 1760 g/mol. The third kappa shape index (κ3) is 22.9. The van der Waals surface area contributed by atoms with Crippen molar-refractivity contribution >= 4 is 126 Å². The number of anilines is 8. The van der Waals surface area contributed by atoms with Crippen molar-refractivity contribution < 1.29 is 67.3 Å². The van der Waals surface area contributed by atoms with E-state index in [4.69, 9.17) is 0 Å². The highest BCUT2D eigenvalue weighted by Gasteiger charge is 2.31. The van der Waals surface area contributed by atoms with Crippen LogP contribution in [-0.4, -0.2) is 197 Å². The van der Waals surface area contributed by atoms with E-state index in [1.54, 1.807) is 48.5 Å². The quantitative estimate of drug-likeness (QED) is 0.0436. The zero-order valence-corrected chi connectivity index (χ0v) is 73.7. The number of hydrogen-bond acceptors (Lipinski definition) is 21. The van der Waals surface area contributed by atoms with Crippen LogP contribution in [0.1, 0.15) is 104 Å². The minimum Gasteiger partial charge on any atom is -0.370 e. The maximum atomic E-state index is 13.0. The van der Waals surface area contributed by atoms with Crippen LogP contribution in [0.4, 0.5) is 45.5 Å². The minimum absolute atomic E-state index is 0.0111. The number of rotatable bonds is 24. The number of piperidine rings is 5. The van der Waals surface area contributed by atoms with Gasteiger partial charge in [-0.15, -0.1) is 0 Å². The number of benzene rings is 7. The molecule has 5 aliphatic heterocycles. The molecule has 7 aromatic carbocycles. The van der Waals surface area contributed by atoms with E-state index < -0.39 is 80.2 Å². The average Bonchev–Trinajstić information content (AvgIpc) is 0.800. The Bertz CT molecular complexity index is 5680. The minimum atomic E-state index is -3.94. The predicted molar refractivity (Wildman–Crippen MR) is 461 cm³/mol. The molecule has 2 atom stereocenters. The summed E-state index contributed by atoms with van der Waals surface area (Å²) in [6.07, 6.45) is 16.0. The number of nitrogens with zero attached hydrogens (tertiary/aromatic N) is 9. The summed E-state index contributed by atoms with van der Waals surface area (Å²) < 4.78 is 218. The van der Waals surface area contributed by atoms with Crippen molar-refractivity contribution in [3.05, 3.63) is 188 Å². The molecule has 5 saturated heterocycles. The smallest absolute Gasteiger partial charge is 0.263 e. The lowest BCUT2D eigenvalue weighted by Crippen LogP contribution is -2.38. The fourth-order valence-corrected chi connectivity index (χ4v) is 22.7. The SMILES string of the molecule is CC1CCCCN1c1ccccc1NS(=O)(=O)c1ccc(S(=O)(=O)N(C)C)nc1.CC1CCCN(c2ccccc2NS(=O)(=O)c2ccc(S(=O)(=O)N(C)C)cc2)C1.CN(C)S(=O)(=O)c1cccc(S(=O)(=O)Nc2ccccc2N2CCCCC2)c1.O=S(=O)(Nc1ccccc1N1CCCCC1)c1ccc(S(=O)(=O)N2CCCCC2)cc1. The summed E-state index contributed by atoms with van der Waals surface area (Å²) in [6.45, 7) is 11.6. The van der Waals surface area contributed by atoms with Crippen LogP contribution < -0.4 is 38.5 Å². The molecule has 0 amide bonds. The van der Waals surface area contributed by atoms with Crippen LogP contribution in [0.25, 0.3) is 0 Å².